The Morgan fingerprint density at radius 3 is 2.85 bits per heavy atom. The van der Waals surface area contributed by atoms with Crippen LogP contribution in [0.4, 0.5) is 4.79 Å². The summed E-state index contributed by atoms with van der Waals surface area (Å²) in [6.07, 6.45) is 4.71. The van der Waals surface area contributed by atoms with E-state index in [2.05, 4.69) is 12.2 Å². The molecular weight excluding hydrogens is 276 g/mol. The number of likely N-dealkylation sites (tertiary alicyclic amines) is 1. The van der Waals surface area contributed by atoms with E-state index >= 15 is 0 Å². The van der Waals surface area contributed by atoms with Gasteiger partial charge in [0.1, 0.15) is 0 Å². The van der Waals surface area contributed by atoms with E-state index in [0.29, 0.717) is 24.8 Å². The Bertz CT molecular complexity index is 364. The number of carboxylic acid groups (broad SMARTS) is 1. The number of rotatable bonds is 4. The first kappa shape index (κ1) is 15.5. The van der Waals surface area contributed by atoms with Crippen molar-refractivity contribution in [3.05, 3.63) is 0 Å². The topological polar surface area (TPSA) is 69.6 Å². The summed E-state index contributed by atoms with van der Waals surface area (Å²) in [6.45, 7) is 3.19. The number of aliphatic carboxylic acids is 1. The number of piperidine rings is 1. The first-order valence-electron chi connectivity index (χ1n) is 7.50. The molecule has 0 radical (unpaired) electrons. The molecule has 3 atom stereocenters. The van der Waals surface area contributed by atoms with Crippen molar-refractivity contribution in [1.29, 1.82) is 0 Å². The van der Waals surface area contributed by atoms with Crippen LogP contribution in [0.25, 0.3) is 0 Å². The van der Waals surface area contributed by atoms with Crippen molar-refractivity contribution in [2.75, 3.05) is 18.8 Å². The summed E-state index contributed by atoms with van der Waals surface area (Å²) in [6, 6.07) is 0.180. The molecule has 0 aromatic rings. The zero-order chi connectivity index (χ0) is 14.5. The van der Waals surface area contributed by atoms with Crippen molar-refractivity contribution in [3.63, 3.8) is 0 Å². The second kappa shape index (κ2) is 7.20. The SMILES string of the molecule is CCSC1CCC(NC(=O)N2CCC[C@H](C(=O)O)C2)C1. The zero-order valence-corrected chi connectivity index (χ0v) is 12.8. The zero-order valence-electron chi connectivity index (χ0n) is 12.0. The van der Waals surface area contributed by atoms with Crippen LogP contribution in [-0.2, 0) is 4.79 Å². The predicted octanol–water partition coefficient (Wildman–Crippen LogP) is 2.17. The molecule has 5 nitrogen and oxygen atoms in total. The van der Waals surface area contributed by atoms with Crippen LogP contribution in [0.1, 0.15) is 39.0 Å². The fourth-order valence-corrected chi connectivity index (χ4v) is 4.23. The third kappa shape index (κ3) is 4.04. The lowest BCUT2D eigenvalue weighted by Gasteiger charge is -2.31. The fourth-order valence-electron chi connectivity index (χ4n) is 3.09. The van der Waals surface area contributed by atoms with Crippen molar-refractivity contribution in [3.8, 4) is 0 Å². The summed E-state index contributed by atoms with van der Waals surface area (Å²) in [5.41, 5.74) is 0. The van der Waals surface area contributed by atoms with Gasteiger partial charge in [-0.1, -0.05) is 6.92 Å². The maximum Gasteiger partial charge on any atom is 0.317 e. The average molecular weight is 300 g/mol. The van der Waals surface area contributed by atoms with Gasteiger partial charge >= 0.3 is 12.0 Å². The molecule has 2 N–H and O–H groups in total. The quantitative estimate of drug-likeness (QED) is 0.835. The minimum absolute atomic E-state index is 0.0805. The van der Waals surface area contributed by atoms with Crippen LogP contribution in [0.2, 0.25) is 0 Å². The number of carbonyl (C=O) groups excluding carboxylic acids is 1. The average Bonchev–Trinajstić information content (AvgIpc) is 2.86. The van der Waals surface area contributed by atoms with Gasteiger partial charge < -0.3 is 15.3 Å². The number of carboxylic acids is 1. The number of nitrogens with one attached hydrogen (secondary N) is 1. The molecule has 2 fully saturated rings. The number of carbonyl (C=O) groups is 2. The lowest BCUT2D eigenvalue weighted by Crippen LogP contribution is -2.49. The number of urea groups is 1. The molecule has 2 rings (SSSR count). The van der Waals surface area contributed by atoms with Gasteiger partial charge in [-0.3, -0.25) is 4.79 Å². The van der Waals surface area contributed by atoms with E-state index in [1.165, 1.54) is 6.42 Å². The summed E-state index contributed by atoms with van der Waals surface area (Å²) in [4.78, 5) is 24.9. The standard InChI is InChI=1S/C14H24N2O3S/c1-2-20-12-6-5-11(8-12)15-14(19)16-7-3-4-10(9-16)13(17)18/h10-12H,2-9H2,1H3,(H,15,19)(H,17,18)/t10-,11?,12?/m0/s1. The first-order chi connectivity index (χ1) is 9.60. The molecule has 0 spiro atoms. The smallest absolute Gasteiger partial charge is 0.317 e. The van der Waals surface area contributed by atoms with Gasteiger partial charge in [0.25, 0.3) is 0 Å². The van der Waals surface area contributed by atoms with Gasteiger partial charge in [-0.15, -0.1) is 0 Å². The van der Waals surface area contributed by atoms with Gasteiger partial charge in [-0.05, 0) is 37.9 Å². The third-order valence-electron chi connectivity index (χ3n) is 4.17. The van der Waals surface area contributed by atoms with Crippen molar-refractivity contribution in [2.45, 2.75) is 50.3 Å². The van der Waals surface area contributed by atoms with E-state index < -0.39 is 11.9 Å². The van der Waals surface area contributed by atoms with Crippen LogP contribution < -0.4 is 5.32 Å². The Morgan fingerprint density at radius 2 is 2.15 bits per heavy atom. The molecule has 0 bridgehead atoms. The molecule has 114 valence electrons. The van der Waals surface area contributed by atoms with Crippen LogP contribution >= 0.6 is 11.8 Å². The Balaban J connectivity index is 1.78. The van der Waals surface area contributed by atoms with E-state index in [-0.39, 0.29) is 12.1 Å². The lowest BCUT2D eigenvalue weighted by atomic mass is 9.99. The number of hydrogen-bond donors (Lipinski definition) is 2. The largest absolute Gasteiger partial charge is 0.481 e. The highest BCUT2D eigenvalue weighted by Crippen LogP contribution is 2.29. The Hall–Kier alpha value is -0.910. The summed E-state index contributed by atoms with van der Waals surface area (Å²) in [5.74, 6) is -0.0677. The number of thioether (sulfide) groups is 1. The Labute approximate surface area is 124 Å². The van der Waals surface area contributed by atoms with E-state index in [0.717, 1.165) is 25.0 Å². The fraction of sp³-hybridized carbons (Fsp3) is 0.857. The summed E-state index contributed by atoms with van der Waals surface area (Å²) in [7, 11) is 0. The van der Waals surface area contributed by atoms with Crippen LogP contribution in [-0.4, -0.2) is 52.1 Å². The third-order valence-corrected chi connectivity index (χ3v) is 5.41. The molecule has 0 aromatic heterocycles. The molecule has 6 heteroatoms. The van der Waals surface area contributed by atoms with Gasteiger partial charge in [0.05, 0.1) is 5.92 Å². The van der Waals surface area contributed by atoms with Crippen LogP contribution in [0.3, 0.4) is 0 Å². The first-order valence-corrected chi connectivity index (χ1v) is 8.54. The molecule has 2 unspecified atom stereocenters. The van der Waals surface area contributed by atoms with Gasteiger partial charge in [0.15, 0.2) is 0 Å². The van der Waals surface area contributed by atoms with Crippen molar-refractivity contribution in [1.82, 2.24) is 10.2 Å². The molecule has 20 heavy (non-hydrogen) atoms. The summed E-state index contributed by atoms with van der Waals surface area (Å²) >= 11 is 1.97. The molecule has 0 aromatic carbocycles. The van der Waals surface area contributed by atoms with Crippen molar-refractivity contribution >= 4 is 23.8 Å². The molecule has 2 amide bonds. The lowest BCUT2D eigenvalue weighted by molar-refractivity contribution is -0.143. The minimum atomic E-state index is -0.789. The van der Waals surface area contributed by atoms with Gasteiger partial charge in [0, 0.05) is 24.4 Å². The number of hydrogen-bond acceptors (Lipinski definition) is 3. The molecule has 1 aliphatic heterocycles. The maximum atomic E-state index is 12.2. The minimum Gasteiger partial charge on any atom is -0.481 e. The second-order valence-electron chi connectivity index (χ2n) is 5.66. The highest BCUT2D eigenvalue weighted by Gasteiger charge is 2.31. The summed E-state index contributed by atoms with van der Waals surface area (Å²) < 4.78 is 0. The van der Waals surface area contributed by atoms with Gasteiger partial charge in [-0.25, -0.2) is 4.79 Å². The van der Waals surface area contributed by atoms with Crippen LogP contribution in [0, 0.1) is 5.92 Å². The Kier molecular flexibility index (Phi) is 5.57. The summed E-state index contributed by atoms with van der Waals surface area (Å²) in [5, 5.41) is 12.8. The molecule has 1 saturated heterocycles. The van der Waals surface area contributed by atoms with E-state index in [1.54, 1.807) is 4.90 Å². The van der Waals surface area contributed by atoms with Crippen LogP contribution in [0.15, 0.2) is 0 Å². The molecule has 1 heterocycles. The molecule has 1 aliphatic carbocycles. The van der Waals surface area contributed by atoms with E-state index in [4.69, 9.17) is 5.11 Å². The van der Waals surface area contributed by atoms with Crippen LogP contribution in [0.5, 0.6) is 0 Å². The normalized spacial score (nSPS) is 30.2. The second-order valence-corrected chi connectivity index (χ2v) is 7.24. The maximum absolute atomic E-state index is 12.2. The highest BCUT2D eigenvalue weighted by atomic mass is 32.2. The van der Waals surface area contributed by atoms with E-state index in [9.17, 15) is 9.59 Å². The van der Waals surface area contributed by atoms with Crippen molar-refractivity contribution < 1.29 is 14.7 Å². The molecular formula is C14H24N2O3S. The number of amides is 2. The van der Waals surface area contributed by atoms with Crippen molar-refractivity contribution in [2.24, 2.45) is 5.92 Å². The van der Waals surface area contributed by atoms with E-state index in [1.807, 2.05) is 11.8 Å². The molecule has 1 saturated carbocycles. The highest BCUT2D eigenvalue weighted by molar-refractivity contribution is 7.99. The Morgan fingerprint density at radius 1 is 1.35 bits per heavy atom. The monoisotopic (exact) mass is 300 g/mol. The molecule has 2 aliphatic rings. The van der Waals surface area contributed by atoms with Gasteiger partial charge in [0.2, 0.25) is 0 Å². The number of nitrogens with zero attached hydrogens (tertiary/aromatic N) is 1. The van der Waals surface area contributed by atoms with Gasteiger partial charge in [-0.2, -0.15) is 11.8 Å². The predicted molar refractivity (Wildman–Crippen MR) is 80.0 cm³/mol.